The average Bonchev–Trinajstić information content (AvgIpc) is 2.99. The molecule has 2 rings (SSSR count). The molecule has 0 aliphatic rings. The van der Waals surface area contributed by atoms with Gasteiger partial charge in [0.05, 0.1) is 5.41 Å². The molecule has 25 heavy (non-hydrogen) atoms. The Morgan fingerprint density at radius 1 is 1.20 bits per heavy atom. The van der Waals surface area contributed by atoms with Crippen LogP contribution in [0.2, 0.25) is 0 Å². The molecule has 0 bridgehead atoms. The molecule has 0 unspecified atom stereocenters. The Bertz CT molecular complexity index is 845. The fourth-order valence-electron chi connectivity index (χ4n) is 1.77. The molecule has 2 aromatic rings. The topological polar surface area (TPSA) is 85.4 Å². The van der Waals surface area contributed by atoms with Crippen LogP contribution >= 0.6 is 11.3 Å². The summed E-state index contributed by atoms with van der Waals surface area (Å²) in [6.45, 7) is 3.22. The van der Waals surface area contributed by atoms with Crippen molar-refractivity contribution in [3.63, 3.8) is 0 Å². The summed E-state index contributed by atoms with van der Waals surface area (Å²) in [5.41, 5.74) is -6.09. The lowest BCUT2D eigenvalue weighted by Gasteiger charge is -2.23. The van der Waals surface area contributed by atoms with Gasteiger partial charge in [-0.25, -0.2) is 4.98 Å². The summed E-state index contributed by atoms with van der Waals surface area (Å²) in [5.74, 6) is -0.878. The standard InChI is InChI=1S/C14H13F3N2O4S2/c1-13(2,11(20)19-12-18-7-8-24-12)9-3-5-10(6-4-9)23-25(21,22)14(15,16)17/h3-8H,1-2H3,(H,18,19,20). The molecule has 0 saturated carbocycles. The SMILES string of the molecule is CC(C)(C(=O)Nc1nccs1)c1ccc(OS(=O)(=O)C(F)(F)F)cc1. The number of hydrogen-bond donors (Lipinski definition) is 1. The van der Waals surface area contributed by atoms with E-state index in [9.17, 15) is 26.4 Å². The van der Waals surface area contributed by atoms with Crippen molar-refractivity contribution in [2.24, 2.45) is 0 Å². The number of aromatic nitrogens is 1. The lowest BCUT2D eigenvalue weighted by atomic mass is 9.84. The van der Waals surface area contributed by atoms with Crippen molar-refractivity contribution in [3.05, 3.63) is 41.4 Å². The molecule has 6 nitrogen and oxygen atoms in total. The van der Waals surface area contributed by atoms with Gasteiger partial charge in [0.1, 0.15) is 5.75 Å². The van der Waals surface area contributed by atoms with E-state index >= 15 is 0 Å². The number of alkyl halides is 3. The van der Waals surface area contributed by atoms with Gasteiger partial charge in [-0.3, -0.25) is 4.79 Å². The number of carbonyl (C=O) groups is 1. The molecule has 0 fully saturated rings. The minimum atomic E-state index is -5.74. The number of nitrogens with one attached hydrogen (secondary N) is 1. The second kappa shape index (κ2) is 6.64. The molecule has 0 saturated heterocycles. The number of thiazole rings is 1. The van der Waals surface area contributed by atoms with Crippen LogP contribution < -0.4 is 9.50 Å². The molecule has 1 N–H and O–H groups in total. The molecule has 0 radical (unpaired) electrons. The van der Waals surface area contributed by atoms with E-state index in [1.165, 1.54) is 29.7 Å². The van der Waals surface area contributed by atoms with E-state index in [0.29, 0.717) is 10.7 Å². The molecule has 1 aromatic carbocycles. The fourth-order valence-corrected chi connectivity index (χ4v) is 2.75. The predicted octanol–water partition coefficient (Wildman–Crippen LogP) is 3.29. The Labute approximate surface area is 145 Å². The lowest BCUT2D eigenvalue weighted by Crippen LogP contribution is -2.34. The Balaban J connectivity index is 2.17. The van der Waals surface area contributed by atoms with Crippen LogP contribution in [0.4, 0.5) is 18.3 Å². The Morgan fingerprint density at radius 3 is 2.28 bits per heavy atom. The molecule has 11 heteroatoms. The zero-order valence-electron chi connectivity index (χ0n) is 13.0. The first kappa shape index (κ1) is 19.2. The van der Waals surface area contributed by atoms with Gasteiger partial charge in [-0.05, 0) is 31.5 Å². The number of hydrogen-bond acceptors (Lipinski definition) is 6. The monoisotopic (exact) mass is 394 g/mol. The van der Waals surface area contributed by atoms with Gasteiger partial charge in [-0.1, -0.05) is 12.1 Å². The van der Waals surface area contributed by atoms with Crippen molar-refractivity contribution in [1.29, 1.82) is 0 Å². The largest absolute Gasteiger partial charge is 0.534 e. The maximum atomic E-state index is 12.4. The van der Waals surface area contributed by atoms with Crippen LogP contribution in [0.5, 0.6) is 5.75 Å². The number of anilines is 1. The van der Waals surface area contributed by atoms with Crippen molar-refractivity contribution in [3.8, 4) is 5.75 Å². The zero-order chi connectivity index (χ0) is 18.9. The first-order chi connectivity index (χ1) is 11.4. The highest BCUT2D eigenvalue weighted by Gasteiger charge is 2.48. The van der Waals surface area contributed by atoms with Crippen LogP contribution in [0.25, 0.3) is 0 Å². The molecule has 0 spiro atoms. The third-order valence-electron chi connectivity index (χ3n) is 3.29. The van der Waals surface area contributed by atoms with Crippen LogP contribution in [-0.2, 0) is 20.3 Å². The van der Waals surface area contributed by atoms with Crippen LogP contribution in [0.1, 0.15) is 19.4 Å². The minimum Gasteiger partial charge on any atom is -0.376 e. The highest BCUT2D eigenvalue weighted by atomic mass is 32.2. The summed E-state index contributed by atoms with van der Waals surface area (Å²) in [6, 6.07) is 4.75. The van der Waals surface area contributed by atoms with Gasteiger partial charge in [0.25, 0.3) is 0 Å². The molecule has 136 valence electrons. The molecular formula is C14H13F3N2O4S2. The number of halogens is 3. The van der Waals surface area contributed by atoms with Gasteiger partial charge in [0, 0.05) is 11.6 Å². The normalized spacial score (nSPS) is 12.7. The van der Waals surface area contributed by atoms with E-state index in [0.717, 1.165) is 12.1 Å². The van der Waals surface area contributed by atoms with Gasteiger partial charge in [-0.15, -0.1) is 11.3 Å². The number of rotatable bonds is 5. The van der Waals surface area contributed by atoms with Crippen molar-refractivity contribution in [1.82, 2.24) is 4.98 Å². The van der Waals surface area contributed by atoms with E-state index < -0.39 is 26.8 Å². The Kier molecular flexibility index (Phi) is 5.09. The molecule has 1 heterocycles. The van der Waals surface area contributed by atoms with Gasteiger partial charge in [0.15, 0.2) is 5.13 Å². The van der Waals surface area contributed by atoms with E-state index in [4.69, 9.17) is 0 Å². The smallest absolute Gasteiger partial charge is 0.376 e. The third kappa shape index (κ3) is 4.28. The molecule has 0 atom stereocenters. The fraction of sp³-hybridized carbons (Fsp3) is 0.286. The molecule has 1 amide bonds. The molecule has 0 aliphatic carbocycles. The number of benzene rings is 1. The first-order valence-corrected chi connectivity index (χ1v) is 9.04. The van der Waals surface area contributed by atoms with Crippen molar-refractivity contribution < 1.29 is 30.6 Å². The zero-order valence-corrected chi connectivity index (χ0v) is 14.6. The minimum absolute atomic E-state index is 0.376. The van der Waals surface area contributed by atoms with E-state index in [1.807, 2.05) is 0 Å². The third-order valence-corrected chi connectivity index (χ3v) is 4.95. The highest BCUT2D eigenvalue weighted by molar-refractivity contribution is 7.88. The Morgan fingerprint density at radius 2 is 1.80 bits per heavy atom. The van der Waals surface area contributed by atoms with Crippen LogP contribution in [0, 0.1) is 0 Å². The van der Waals surface area contributed by atoms with E-state index in [1.54, 1.807) is 19.2 Å². The maximum Gasteiger partial charge on any atom is 0.534 e. The summed E-state index contributed by atoms with van der Waals surface area (Å²) in [4.78, 5) is 16.3. The number of nitrogens with zero attached hydrogens (tertiary/aromatic N) is 1. The summed E-state index contributed by atoms with van der Waals surface area (Å²) in [7, 11) is -5.74. The van der Waals surface area contributed by atoms with Crippen LogP contribution in [-0.4, -0.2) is 24.8 Å². The molecule has 0 aliphatic heterocycles. The van der Waals surface area contributed by atoms with Gasteiger partial charge >= 0.3 is 15.6 Å². The predicted molar refractivity (Wildman–Crippen MR) is 85.8 cm³/mol. The summed E-state index contributed by atoms with van der Waals surface area (Å²) in [5, 5.41) is 4.73. The summed E-state index contributed by atoms with van der Waals surface area (Å²) >= 11 is 1.24. The van der Waals surface area contributed by atoms with E-state index in [2.05, 4.69) is 14.5 Å². The van der Waals surface area contributed by atoms with Crippen LogP contribution in [0.15, 0.2) is 35.8 Å². The van der Waals surface area contributed by atoms with Crippen molar-refractivity contribution in [2.75, 3.05) is 5.32 Å². The Hall–Kier alpha value is -2.14. The maximum absolute atomic E-state index is 12.4. The molecular weight excluding hydrogens is 381 g/mol. The highest BCUT2D eigenvalue weighted by Crippen LogP contribution is 2.30. The lowest BCUT2D eigenvalue weighted by molar-refractivity contribution is -0.120. The summed E-state index contributed by atoms with van der Waals surface area (Å²) in [6.07, 6.45) is 1.53. The average molecular weight is 394 g/mol. The van der Waals surface area contributed by atoms with Gasteiger partial charge < -0.3 is 9.50 Å². The quantitative estimate of drug-likeness (QED) is 0.621. The number of amides is 1. The van der Waals surface area contributed by atoms with Gasteiger partial charge in [0.2, 0.25) is 5.91 Å². The summed E-state index contributed by atoms with van der Waals surface area (Å²) < 4.78 is 62.9. The van der Waals surface area contributed by atoms with Crippen molar-refractivity contribution in [2.45, 2.75) is 24.8 Å². The first-order valence-electron chi connectivity index (χ1n) is 6.76. The molecule has 1 aromatic heterocycles. The second-order valence-electron chi connectivity index (χ2n) is 5.42. The van der Waals surface area contributed by atoms with E-state index in [-0.39, 0.29) is 5.91 Å². The van der Waals surface area contributed by atoms with Crippen LogP contribution in [0.3, 0.4) is 0 Å². The van der Waals surface area contributed by atoms with Gasteiger partial charge in [-0.2, -0.15) is 21.6 Å². The second-order valence-corrected chi connectivity index (χ2v) is 7.86. The number of carbonyl (C=O) groups excluding carboxylic acids is 1. The van der Waals surface area contributed by atoms with Crippen molar-refractivity contribution >= 4 is 32.5 Å².